The van der Waals surface area contributed by atoms with E-state index in [4.69, 9.17) is 5.11 Å². The quantitative estimate of drug-likeness (QED) is 0.542. The molecule has 0 spiro atoms. The lowest BCUT2D eigenvalue weighted by molar-refractivity contribution is -0.303. The normalized spacial score (nSPS) is 9.14. The molecule has 0 aromatic carbocycles. The fraction of sp³-hybridized carbons (Fsp3) is 0.750. The molecule has 6 heteroatoms. The van der Waals surface area contributed by atoms with Crippen LogP contribution in [-0.2, 0) is 20.5 Å². The molecular formula is C8H17NO4S. The molecule has 5 nitrogen and oxygen atoms in total. The van der Waals surface area contributed by atoms with Crippen LogP contribution in [0.25, 0.3) is 0 Å². The fourth-order valence-corrected chi connectivity index (χ4v) is 1.02. The van der Waals surface area contributed by atoms with Crippen molar-refractivity contribution < 1.29 is 19.8 Å². The summed E-state index contributed by atoms with van der Waals surface area (Å²) in [6.45, 7) is -0.0694. The molecule has 0 amide bonds. The molecule has 14 heavy (non-hydrogen) atoms. The van der Waals surface area contributed by atoms with Crippen LogP contribution in [0.2, 0.25) is 0 Å². The number of nitrogens with one attached hydrogen (secondary N) is 1. The molecule has 0 aromatic rings. The highest BCUT2D eigenvalue weighted by molar-refractivity contribution is 7.95. The van der Waals surface area contributed by atoms with Crippen molar-refractivity contribution in [2.24, 2.45) is 0 Å². The largest absolute Gasteiger partial charge is 0.549 e. The van der Waals surface area contributed by atoms with Gasteiger partial charge in [0.2, 0.25) is 0 Å². The smallest absolute Gasteiger partial charge is 0.308 e. The second-order valence-electron chi connectivity index (χ2n) is 2.74. The highest BCUT2D eigenvalue weighted by Gasteiger charge is 2.04. The van der Waals surface area contributed by atoms with Gasteiger partial charge in [-0.25, -0.2) is 0 Å². The van der Waals surface area contributed by atoms with Gasteiger partial charge in [-0.2, -0.15) is 0 Å². The average Bonchev–Trinajstić information content (AvgIpc) is 2.01. The number of hydrogen-bond acceptors (Lipinski definition) is 4. The molecule has 2 N–H and O–H groups in total. The van der Waals surface area contributed by atoms with E-state index >= 15 is 0 Å². The highest BCUT2D eigenvalue weighted by Crippen LogP contribution is 1.87. The Balaban J connectivity index is 0. The van der Waals surface area contributed by atoms with Crippen LogP contribution < -0.4 is 10.4 Å². The minimum Gasteiger partial charge on any atom is -0.549 e. The van der Waals surface area contributed by atoms with E-state index in [1.165, 1.54) is 0 Å². The second-order valence-corrected chi connectivity index (χ2v) is 5.12. The lowest BCUT2D eigenvalue weighted by Crippen LogP contribution is -2.32. The van der Waals surface area contributed by atoms with Gasteiger partial charge in [0.1, 0.15) is 5.75 Å². The Morgan fingerprint density at radius 1 is 1.43 bits per heavy atom. The monoisotopic (exact) mass is 223 g/mol. The van der Waals surface area contributed by atoms with Gasteiger partial charge in [-0.15, -0.1) is 0 Å². The van der Waals surface area contributed by atoms with Gasteiger partial charge in [0, 0.05) is 6.54 Å². The maximum absolute atomic E-state index is 9.91. The van der Waals surface area contributed by atoms with Crippen LogP contribution in [0.4, 0.5) is 0 Å². The molecule has 0 unspecified atom stereocenters. The summed E-state index contributed by atoms with van der Waals surface area (Å²) >= 11 is 0. The standard InChI is InChI=1S/C5H10O2S.C3H7NO2/c1-8(2)4-3-5(6)7;1-4-2-3(5)6/h3-4H2,1-2H3;4H,2H2,1H3,(H,5,6). The SMILES string of the molecule is CNCC(=O)[O-].C[S+](C)CCC(=O)O. The van der Waals surface area contributed by atoms with Crippen molar-refractivity contribution in [2.45, 2.75) is 6.42 Å². The zero-order chi connectivity index (χ0) is 11.6. The number of rotatable bonds is 5. The summed E-state index contributed by atoms with van der Waals surface area (Å²) in [5, 5.41) is 20.0. The van der Waals surface area contributed by atoms with Gasteiger partial charge >= 0.3 is 5.97 Å². The van der Waals surface area contributed by atoms with Crippen molar-refractivity contribution in [1.29, 1.82) is 0 Å². The first-order valence-corrected chi connectivity index (χ1v) is 6.21. The van der Waals surface area contributed by atoms with Gasteiger partial charge in [-0.05, 0) is 17.9 Å². The summed E-state index contributed by atoms with van der Waals surface area (Å²) in [5.74, 6) is -0.946. The summed E-state index contributed by atoms with van der Waals surface area (Å²) in [4.78, 5) is 19.3. The van der Waals surface area contributed by atoms with Crippen LogP contribution in [0.15, 0.2) is 0 Å². The summed E-state index contributed by atoms with van der Waals surface area (Å²) in [7, 11) is 1.83. The first-order chi connectivity index (χ1) is 6.40. The van der Waals surface area contributed by atoms with E-state index in [1.807, 2.05) is 12.5 Å². The van der Waals surface area contributed by atoms with E-state index in [1.54, 1.807) is 7.05 Å². The summed E-state index contributed by atoms with van der Waals surface area (Å²) in [6.07, 6.45) is 4.40. The molecule has 0 radical (unpaired) electrons. The van der Waals surface area contributed by atoms with Crippen LogP contribution in [-0.4, -0.2) is 48.9 Å². The number of likely N-dealkylation sites (N-methyl/N-ethyl adjacent to an activating group) is 1. The van der Waals surface area contributed by atoms with Crippen LogP contribution in [0, 0.1) is 0 Å². The second kappa shape index (κ2) is 10.3. The van der Waals surface area contributed by atoms with Gasteiger partial charge in [0.15, 0.2) is 0 Å². The average molecular weight is 223 g/mol. The Labute approximate surface area is 86.9 Å². The third kappa shape index (κ3) is 22.5. The number of aliphatic carboxylic acids is 2. The molecule has 0 saturated heterocycles. The first kappa shape index (κ1) is 15.7. The number of carboxylic acid groups (broad SMARTS) is 2. The van der Waals surface area contributed by atoms with Gasteiger partial charge < -0.3 is 20.3 Å². The molecule has 0 saturated carbocycles. The molecule has 0 aromatic heterocycles. The molecule has 84 valence electrons. The van der Waals surface area contributed by atoms with Crippen LogP contribution in [0.5, 0.6) is 0 Å². The Bertz CT molecular complexity index is 173. The van der Waals surface area contributed by atoms with Crippen molar-refractivity contribution in [3.8, 4) is 0 Å². The van der Waals surface area contributed by atoms with Crippen molar-refractivity contribution >= 4 is 22.8 Å². The maximum Gasteiger partial charge on any atom is 0.308 e. The number of carboxylic acids is 2. The lowest BCUT2D eigenvalue weighted by Gasteiger charge is -1.94. The van der Waals surface area contributed by atoms with Gasteiger partial charge in [0.25, 0.3) is 0 Å². The first-order valence-electron chi connectivity index (χ1n) is 4.00. The molecule has 0 aliphatic heterocycles. The van der Waals surface area contributed by atoms with Crippen molar-refractivity contribution in [3.63, 3.8) is 0 Å². The third-order valence-corrected chi connectivity index (χ3v) is 2.07. The zero-order valence-corrected chi connectivity index (χ0v) is 9.52. The Morgan fingerprint density at radius 3 is 2.00 bits per heavy atom. The number of carbonyl (C=O) groups is 2. The molecular weight excluding hydrogens is 206 g/mol. The van der Waals surface area contributed by atoms with E-state index in [0.29, 0.717) is 6.42 Å². The predicted molar refractivity (Wildman–Crippen MR) is 55.3 cm³/mol. The van der Waals surface area contributed by atoms with E-state index in [0.717, 1.165) is 5.75 Å². The van der Waals surface area contributed by atoms with Crippen LogP contribution in [0.1, 0.15) is 6.42 Å². The molecule has 0 atom stereocenters. The van der Waals surface area contributed by atoms with Gasteiger partial charge in [-0.3, -0.25) is 4.79 Å². The summed E-state index contributed by atoms with van der Waals surface area (Å²) in [6, 6.07) is 0. The van der Waals surface area contributed by atoms with E-state index in [2.05, 4.69) is 5.32 Å². The fourth-order valence-electron chi connectivity index (χ4n) is 0.436. The molecule has 0 rings (SSSR count). The lowest BCUT2D eigenvalue weighted by atomic mass is 10.5. The molecule has 0 bridgehead atoms. The van der Waals surface area contributed by atoms with E-state index in [-0.39, 0.29) is 17.4 Å². The molecule has 0 aliphatic rings. The Hall–Kier alpha value is -0.750. The molecule has 0 aliphatic carbocycles. The molecule has 0 heterocycles. The van der Waals surface area contributed by atoms with Gasteiger partial charge in [0.05, 0.1) is 24.9 Å². The van der Waals surface area contributed by atoms with Crippen LogP contribution in [0.3, 0.4) is 0 Å². The zero-order valence-electron chi connectivity index (χ0n) is 8.70. The van der Waals surface area contributed by atoms with Gasteiger partial charge in [-0.1, -0.05) is 0 Å². The minimum absolute atomic E-state index is 0.0694. The van der Waals surface area contributed by atoms with Crippen LogP contribution >= 0.6 is 0 Å². The minimum atomic E-state index is -1.07. The maximum atomic E-state index is 9.91. The Morgan fingerprint density at radius 2 is 1.93 bits per heavy atom. The van der Waals surface area contributed by atoms with Crippen molar-refractivity contribution in [3.05, 3.63) is 0 Å². The van der Waals surface area contributed by atoms with E-state index < -0.39 is 11.9 Å². The highest BCUT2D eigenvalue weighted by atomic mass is 32.2. The molecule has 0 fully saturated rings. The number of carbonyl (C=O) groups excluding carboxylic acids is 1. The van der Waals surface area contributed by atoms with E-state index in [9.17, 15) is 14.7 Å². The van der Waals surface area contributed by atoms with Crippen molar-refractivity contribution in [1.82, 2.24) is 5.32 Å². The van der Waals surface area contributed by atoms with Crippen molar-refractivity contribution in [2.75, 3.05) is 31.9 Å². The summed E-state index contributed by atoms with van der Waals surface area (Å²) in [5.41, 5.74) is 0. The third-order valence-electron chi connectivity index (χ3n) is 1.05. The Kier molecular flexibility index (Phi) is 11.6. The predicted octanol–water partition coefficient (Wildman–Crippen LogP) is -1.71. The number of hydrogen-bond donors (Lipinski definition) is 2. The summed E-state index contributed by atoms with van der Waals surface area (Å²) < 4.78 is 0. The topological polar surface area (TPSA) is 89.5 Å².